The molecule has 1 aromatic rings. The van der Waals surface area contributed by atoms with E-state index in [2.05, 4.69) is 10.5 Å². The molecule has 0 aliphatic heterocycles. The zero-order valence-corrected chi connectivity index (χ0v) is 8.10. The van der Waals surface area contributed by atoms with Gasteiger partial charge in [0.05, 0.1) is 12.8 Å². The number of hydrogen-bond acceptors (Lipinski definition) is 5. The number of hydrogen-bond donors (Lipinski definition) is 1. The minimum atomic E-state index is -0.203. The highest BCUT2D eigenvalue weighted by atomic mass is 16.5. The fraction of sp³-hybridized carbons (Fsp3) is 0.100. The lowest BCUT2D eigenvalue weighted by Gasteiger charge is -2.01. The number of nitriles is 1. The van der Waals surface area contributed by atoms with Crippen LogP contribution in [0.2, 0.25) is 0 Å². The number of benzene rings is 1. The van der Waals surface area contributed by atoms with Gasteiger partial charge in [-0.15, -0.1) is 0 Å². The molecular weight excluding hydrogens is 194 g/mol. The zero-order valence-electron chi connectivity index (χ0n) is 8.10. The van der Waals surface area contributed by atoms with Crippen molar-refractivity contribution in [3.63, 3.8) is 0 Å². The first-order chi connectivity index (χ1) is 7.30. The lowest BCUT2D eigenvalue weighted by atomic mass is 10.3. The molecule has 0 bridgehead atoms. The number of methoxy groups -OCH3 is 1. The van der Waals surface area contributed by atoms with Crippen LogP contribution in [0.15, 0.2) is 29.4 Å². The quantitative estimate of drug-likeness (QED) is 0.453. The molecule has 5 heteroatoms. The Bertz CT molecular complexity index is 404. The Morgan fingerprint density at radius 1 is 1.53 bits per heavy atom. The fourth-order valence-electron chi connectivity index (χ4n) is 0.868. The first-order valence-electron chi connectivity index (χ1n) is 4.13. The Kier molecular flexibility index (Phi) is 3.86. The largest absolute Gasteiger partial charge is 0.497 e. The predicted octanol–water partition coefficient (Wildman–Crippen LogP) is 1.19. The molecule has 76 valence electrons. The Morgan fingerprint density at radius 2 is 2.20 bits per heavy atom. The van der Waals surface area contributed by atoms with Crippen molar-refractivity contribution in [1.29, 1.82) is 5.26 Å². The molecule has 15 heavy (non-hydrogen) atoms. The maximum Gasteiger partial charge on any atom is 0.200 e. The second-order valence-electron chi connectivity index (χ2n) is 2.57. The second kappa shape index (κ2) is 5.40. The minimum Gasteiger partial charge on any atom is -0.497 e. The van der Waals surface area contributed by atoms with E-state index < -0.39 is 0 Å². The number of aldehydes is 1. The van der Waals surface area contributed by atoms with E-state index >= 15 is 0 Å². The van der Waals surface area contributed by atoms with Crippen LogP contribution < -0.4 is 10.2 Å². The van der Waals surface area contributed by atoms with Crippen molar-refractivity contribution in [2.24, 2.45) is 5.10 Å². The summed E-state index contributed by atoms with van der Waals surface area (Å²) in [5.41, 5.74) is 3.05. The van der Waals surface area contributed by atoms with Gasteiger partial charge in [0, 0.05) is 0 Å². The topological polar surface area (TPSA) is 74.5 Å². The fourth-order valence-corrected chi connectivity index (χ4v) is 0.868. The van der Waals surface area contributed by atoms with Crippen molar-refractivity contribution in [3.8, 4) is 11.8 Å². The normalized spacial score (nSPS) is 10.3. The van der Waals surface area contributed by atoms with Crippen LogP contribution in [0.3, 0.4) is 0 Å². The molecule has 0 spiro atoms. The van der Waals surface area contributed by atoms with E-state index in [1.165, 1.54) is 0 Å². The highest BCUT2D eigenvalue weighted by molar-refractivity contribution is 6.35. The molecule has 0 fully saturated rings. The molecule has 0 amide bonds. The molecule has 5 nitrogen and oxygen atoms in total. The number of carbonyl (C=O) groups excluding carboxylic acids is 1. The Balaban J connectivity index is 2.70. The summed E-state index contributed by atoms with van der Waals surface area (Å²) >= 11 is 0. The van der Waals surface area contributed by atoms with Crippen LogP contribution >= 0.6 is 0 Å². The van der Waals surface area contributed by atoms with Gasteiger partial charge in [0.25, 0.3) is 0 Å². The number of rotatable bonds is 4. The molecule has 1 N–H and O–H groups in total. The van der Waals surface area contributed by atoms with Crippen LogP contribution in [-0.4, -0.2) is 19.1 Å². The summed E-state index contributed by atoms with van der Waals surface area (Å²) in [7, 11) is 1.57. The number of carbonyl (C=O) groups is 1. The van der Waals surface area contributed by atoms with E-state index in [1.54, 1.807) is 37.4 Å². The summed E-state index contributed by atoms with van der Waals surface area (Å²) in [5, 5.41) is 12.0. The van der Waals surface area contributed by atoms with Gasteiger partial charge in [-0.2, -0.15) is 10.4 Å². The van der Waals surface area contributed by atoms with Gasteiger partial charge in [-0.05, 0) is 24.3 Å². The van der Waals surface area contributed by atoms with Crippen molar-refractivity contribution < 1.29 is 9.53 Å². The van der Waals surface area contributed by atoms with Gasteiger partial charge in [0.15, 0.2) is 12.0 Å². The molecule has 0 saturated carbocycles. The SMILES string of the molecule is COc1ccc(N/N=C(\C#N)C=O)cc1. The number of nitrogens with one attached hydrogen (secondary N) is 1. The summed E-state index contributed by atoms with van der Waals surface area (Å²) in [6.07, 6.45) is 0.385. The van der Waals surface area contributed by atoms with Crippen molar-refractivity contribution in [3.05, 3.63) is 24.3 Å². The molecule has 0 radical (unpaired) electrons. The lowest BCUT2D eigenvalue weighted by molar-refractivity contribution is -0.102. The zero-order chi connectivity index (χ0) is 11.1. The Labute approximate surface area is 87.0 Å². The molecule has 0 aliphatic carbocycles. The van der Waals surface area contributed by atoms with Gasteiger partial charge in [-0.25, -0.2) is 0 Å². The van der Waals surface area contributed by atoms with Gasteiger partial charge in [-0.1, -0.05) is 0 Å². The van der Waals surface area contributed by atoms with Crippen molar-refractivity contribution in [2.45, 2.75) is 0 Å². The molecule has 0 aromatic heterocycles. The molecular formula is C10H9N3O2. The summed E-state index contributed by atoms with van der Waals surface area (Å²) in [6.45, 7) is 0. The van der Waals surface area contributed by atoms with E-state index in [0.717, 1.165) is 5.75 Å². The maximum absolute atomic E-state index is 10.2. The monoisotopic (exact) mass is 203 g/mol. The molecule has 0 aliphatic rings. The summed E-state index contributed by atoms with van der Waals surface area (Å²) in [5.74, 6) is 0.723. The highest BCUT2D eigenvalue weighted by Gasteiger charge is 1.94. The third-order valence-electron chi connectivity index (χ3n) is 1.62. The number of hydrazone groups is 1. The van der Waals surface area contributed by atoms with Gasteiger partial charge < -0.3 is 4.74 Å². The Morgan fingerprint density at radius 3 is 2.67 bits per heavy atom. The highest BCUT2D eigenvalue weighted by Crippen LogP contribution is 2.14. The average Bonchev–Trinajstić information content (AvgIpc) is 2.31. The molecule has 0 atom stereocenters. The standard InChI is InChI=1S/C10H9N3O2/c1-15-10-4-2-8(3-5-10)12-13-9(6-11)7-14/h2-5,7,12H,1H3/b13-9+. The molecule has 0 heterocycles. The van der Waals surface area contributed by atoms with E-state index in [9.17, 15) is 4.79 Å². The summed E-state index contributed by atoms with van der Waals surface area (Å²) < 4.78 is 4.96. The van der Waals surface area contributed by atoms with Gasteiger partial charge in [-0.3, -0.25) is 10.2 Å². The minimum absolute atomic E-state index is 0.203. The van der Waals surface area contributed by atoms with Crippen LogP contribution in [0.25, 0.3) is 0 Å². The number of anilines is 1. The third kappa shape index (κ3) is 3.12. The number of nitrogens with zero attached hydrogens (tertiary/aromatic N) is 2. The van der Waals surface area contributed by atoms with Crippen LogP contribution in [-0.2, 0) is 4.79 Å². The summed E-state index contributed by atoms with van der Waals surface area (Å²) in [6, 6.07) is 8.57. The van der Waals surface area contributed by atoms with Crippen LogP contribution in [0.1, 0.15) is 0 Å². The van der Waals surface area contributed by atoms with E-state index in [-0.39, 0.29) is 5.71 Å². The van der Waals surface area contributed by atoms with Crippen LogP contribution in [0.5, 0.6) is 5.75 Å². The van der Waals surface area contributed by atoms with E-state index in [0.29, 0.717) is 12.0 Å². The van der Waals surface area contributed by atoms with Crippen molar-refractivity contribution >= 4 is 17.7 Å². The molecule has 0 saturated heterocycles. The van der Waals surface area contributed by atoms with E-state index in [4.69, 9.17) is 10.00 Å². The predicted molar refractivity (Wildman–Crippen MR) is 55.7 cm³/mol. The number of ether oxygens (including phenoxy) is 1. The summed E-state index contributed by atoms with van der Waals surface area (Å²) in [4.78, 5) is 10.2. The third-order valence-corrected chi connectivity index (χ3v) is 1.62. The van der Waals surface area contributed by atoms with Crippen molar-refractivity contribution in [2.75, 3.05) is 12.5 Å². The average molecular weight is 203 g/mol. The molecule has 0 unspecified atom stereocenters. The van der Waals surface area contributed by atoms with Crippen LogP contribution in [0, 0.1) is 11.3 Å². The van der Waals surface area contributed by atoms with Crippen LogP contribution in [0.4, 0.5) is 5.69 Å². The smallest absolute Gasteiger partial charge is 0.200 e. The first kappa shape index (κ1) is 10.7. The molecule has 1 rings (SSSR count). The maximum atomic E-state index is 10.2. The van der Waals surface area contributed by atoms with Gasteiger partial charge in [0.2, 0.25) is 0 Å². The molecule has 1 aromatic carbocycles. The van der Waals surface area contributed by atoms with Crippen molar-refractivity contribution in [1.82, 2.24) is 0 Å². The Hall–Kier alpha value is -2.35. The van der Waals surface area contributed by atoms with Gasteiger partial charge in [0.1, 0.15) is 11.8 Å². The lowest BCUT2D eigenvalue weighted by Crippen LogP contribution is -2.00. The first-order valence-corrected chi connectivity index (χ1v) is 4.13. The van der Waals surface area contributed by atoms with Gasteiger partial charge >= 0.3 is 0 Å². The second-order valence-corrected chi connectivity index (χ2v) is 2.57. The van der Waals surface area contributed by atoms with E-state index in [1.807, 2.05) is 0 Å².